The van der Waals surface area contributed by atoms with Gasteiger partial charge in [0.2, 0.25) is 0 Å². The third kappa shape index (κ3) is 1.36. The van der Waals surface area contributed by atoms with E-state index in [-0.39, 0.29) is 6.42 Å². The zero-order valence-corrected chi connectivity index (χ0v) is 6.85. The molecule has 0 spiro atoms. The van der Waals surface area contributed by atoms with Gasteiger partial charge in [-0.05, 0) is 6.92 Å². The fourth-order valence-electron chi connectivity index (χ4n) is 0.705. The Bertz CT molecular complexity index is 171. The number of rotatable bonds is 1. The van der Waals surface area contributed by atoms with Crippen LogP contribution in [0.4, 0.5) is 0 Å². The molecule has 1 aliphatic rings. The molecule has 1 aliphatic heterocycles. The number of aliphatic hydroxyl groups is 1. The van der Waals surface area contributed by atoms with Crippen LogP contribution >= 0.6 is 23.2 Å². The SMILES string of the molecule is CC1=NO[C@](O)(C(Cl)Cl)C1. The third-order valence-electron chi connectivity index (χ3n) is 1.21. The van der Waals surface area contributed by atoms with Crippen LogP contribution in [0.1, 0.15) is 13.3 Å². The number of alkyl halides is 2. The summed E-state index contributed by atoms with van der Waals surface area (Å²) in [7, 11) is 0. The largest absolute Gasteiger partial charge is 0.357 e. The van der Waals surface area contributed by atoms with E-state index in [0.29, 0.717) is 5.71 Å². The topological polar surface area (TPSA) is 41.8 Å². The first-order valence-electron chi connectivity index (χ1n) is 2.77. The lowest BCUT2D eigenvalue weighted by Gasteiger charge is -2.19. The second-order valence-corrected chi connectivity index (χ2v) is 3.34. The van der Waals surface area contributed by atoms with E-state index in [2.05, 4.69) is 9.99 Å². The van der Waals surface area contributed by atoms with Crippen LogP contribution in [0.25, 0.3) is 0 Å². The summed E-state index contributed by atoms with van der Waals surface area (Å²) in [5, 5.41) is 12.8. The molecule has 0 amide bonds. The van der Waals surface area contributed by atoms with E-state index >= 15 is 0 Å². The second-order valence-electron chi connectivity index (χ2n) is 2.24. The van der Waals surface area contributed by atoms with Crippen LogP contribution in [0.2, 0.25) is 0 Å². The van der Waals surface area contributed by atoms with E-state index in [4.69, 9.17) is 23.2 Å². The van der Waals surface area contributed by atoms with Crippen LogP contribution in [-0.2, 0) is 4.84 Å². The van der Waals surface area contributed by atoms with Crippen molar-refractivity contribution in [3.8, 4) is 0 Å². The highest BCUT2D eigenvalue weighted by Gasteiger charge is 2.41. The highest BCUT2D eigenvalue weighted by Crippen LogP contribution is 2.30. The highest BCUT2D eigenvalue weighted by atomic mass is 35.5. The van der Waals surface area contributed by atoms with Crippen molar-refractivity contribution in [2.45, 2.75) is 24.0 Å². The fraction of sp³-hybridized carbons (Fsp3) is 0.800. The molecule has 0 aromatic carbocycles. The molecule has 1 N–H and O–H groups in total. The average molecular weight is 184 g/mol. The highest BCUT2D eigenvalue weighted by molar-refractivity contribution is 6.45. The lowest BCUT2D eigenvalue weighted by molar-refractivity contribution is -0.174. The summed E-state index contributed by atoms with van der Waals surface area (Å²) in [5.41, 5.74) is 0.689. The van der Waals surface area contributed by atoms with Gasteiger partial charge in [-0.2, -0.15) is 0 Å². The Labute approximate surface area is 68.6 Å². The summed E-state index contributed by atoms with van der Waals surface area (Å²) in [6.07, 6.45) is 0.269. The van der Waals surface area contributed by atoms with Crippen LogP contribution in [0.15, 0.2) is 5.16 Å². The molecule has 0 fully saturated rings. The zero-order chi connectivity index (χ0) is 7.78. The normalized spacial score (nSPS) is 32.3. The summed E-state index contributed by atoms with van der Waals surface area (Å²) >= 11 is 10.8. The molecule has 0 radical (unpaired) electrons. The third-order valence-corrected chi connectivity index (χ3v) is 1.89. The second kappa shape index (κ2) is 2.57. The Morgan fingerprint density at radius 3 is 2.60 bits per heavy atom. The first-order chi connectivity index (χ1) is 4.54. The quantitative estimate of drug-likeness (QED) is 0.623. The Morgan fingerprint density at radius 2 is 2.40 bits per heavy atom. The smallest absolute Gasteiger partial charge is 0.270 e. The number of oxime groups is 1. The summed E-state index contributed by atoms with van der Waals surface area (Å²) in [6.45, 7) is 1.73. The van der Waals surface area contributed by atoms with Crippen LogP contribution in [0.5, 0.6) is 0 Å². The Balaban J connectivity index is 2.61. The van der Waals surface area contributed by atoms with Crippen LogP contribution in [0, 0.1) is 0 Å². The summed E-state index contributed by atoms with van der Waals surface area (Å²) in [5.74, 6) is -1.51. The van der Waals surface area contributed by atoms with E-state index in [1.807, 2.05) is 0 Å². The molecule has 3 nitrogen and oxygen atoms in total. The lowest BCUT2D eigenvalue weighted by Crippen LogP contribution is -2.35. The van der Waals surface area contributed by atoms with Crippen molar-refractivity contribution in [2.75, 3.05) is 0 Å². The molecular weight excluding hydrogens is 177 g/mol. The molecule has 0 unspecified atom stereocenters. The van der Waals surface area contributed by atoms with Crippen molar-refractivity contribution in [1.82, 2.24) is 0 Å². The predicted molar refractivity (Wildman–Crippen MR) is 39.3 cm³/mol. The average Bonchev–Trinajstić information content (AvgIpc) is 2.13. The number of hydrogen-bond donors (Lipinski definition) is 1. The minimum atomic E-state index is -1.51. The van der Waals surface area contributed by atoms with Crippen LogP contribution in [0.3, 0.4) is 0 Å². The summed E-state index contributed by atoms with van der Waals surface area (Å²) in [6, 6.07) is 0. The monoisotopic (exact) mass is 183 g/mol. The Morgan fingerprint density at radius 1 is 1.80 bits per heavy atom. The van der Waals surface area contributed by atoms with E-state index in [1.54, 1.807) is 6.92 Å². The van der Waals surface area contributed by atoms with Gasteiger partial charge in [0.05, 0.1) is 12.1 Å². The van der Waals surface area contributed by atoms with Gasteiger partial charge in [-0.15, -0.1) is 0 Å². The van der Waals surface area contributed by atoms with Crippen LogP contribution < -0.4 is 0 Å². The summed E-state index contributed by atoms with van der Waals surface area (Å²) < 4.78 is 0. The maximum absolute atomic E-state index is 9.34. The van der Waals surface area contributed by atoms with Crippen molar-refractivity contribution in [3.63, 3.8) is 0 Å². The molecule has 0 aromatic rings. The van der Waals surface area contributed by atoms with Gasteiger partial charge in [0, 0.05) is 0 Å². The standard InChI is InChI=1S/C5H7Cl2NO2/c1-3-2-5(9,4(6)7)10-8-3/h4,9H,2H2,1H3/t5-/m0/s1. The van der Waals surface area contributed by atoms with Gasteiger partial charge in [-0.1, -0.05) is 28.4 Å². The van der Waals surface area contributed by atoms with Crippen molar-refractivity contribution in [1.29, 1.82) is 0 Å². The van der Waals surface area contributed by atoms with Gasteiger partial charge in [-0.25, -0.2) is 0 Å². The summed E-state index contributed by atoms with van der Waals surface area (Å²) in [4.78, 5) is 3.63. The molecule has 0 bridgehead atoms. The van der Waals surface area contributed by atoms with Gasteiger partial charge >= 0.3 is 0 Å². The van der Waals surface area contributed by atoms with Crippen molar-refractivity contribution in [3.05, 3.63) is 0 Å². The minimum Gasteiger partial charge on any atom is -0.357 e. The molecule has 0 saturated carbocycles. The van der Waals surface area contributed by atoms with Crippen molar-refractivity contribution in [2.24, 2.45) is 5.16 Å². The van der Waals surface area contributed by atoms with E-state index in [1.165, 1.54) is 0 Å². The molecule has 58 valence electrons. The molecule has 1 rings (SSSR count). The zero-order valence-electron chi connectivity index (χ0n) is 5.34. The van der Waals surface area contributed by atoms with Crippen LogP contribution in [-0.4, -0.2) is 21.4 Å². The minimum absolute atomic E-state index is 0.269. The predicted octanol–water partition coefficient (Wildman–Crippen LogP) is 1.27. The first-order valence-corrected chi connectivity index (χ1v) is 3.64. The van der Waals surface area contributed by atoms with Gasteiger partial charge in [-0.3, -0.25) is 0 Å². The maximum atomic E-state index is 9.34. The Hall–Kier alpha value is 0.01000. The molecule has 0 saturated heterocycles. The first kappa shape index (κ1) is 8.11. The molecular formula is C5H7Cl2NO2. The van der Waals surface area contributed by atoms with Gasteiger partial charge in [0.1, 0.15) is 0 Å². The molecule has 5 heteroatoms. The van der Waals surface area contributed by atoms with Gasteiger partial charge < -0.3 is 9.94 Å². The lowest BCUT2D eigenvalue weighted by atomic mass is 10.2. The van der Waals surface area contributed by atoms with E-state index in [0.717, 1.165) is 0 Å². The van der Waals surface area contributed by atoms with Gasteiger partial charge in [0.15, 0.2) is 4.84 Å². The van der Waals surface area contributed by atoms with Gasteiger partial charge in [0.25, 0.3) is 5.79 Å². The molecule has 1 atom stereocenters. The van der Waals surface area contributed by atoms with E-state index < -0.39 is 10.6 Å². The number of nitrogens with zero attached hydrogens (tertiary/aromatic N) is 1. The molecule has 0 aliphatic carbocycles. The maximum Gasteiger partial charge on any atom is 0.270 e. The van der Waals surface area contributed by atoms with Crippen molar-refractivity contribution < 1.29 is 9.94 Å². The van der Waals surface area contributed by atoms with Crippen molar-refractivity contribution >= 4 is 28.9 Å². The fourth-order valence-corrected chi connectivity index (χ4v) is 0.939. The molecule has 1 heterocycles. The molecule has 10 heavy (non-hydrogen) atoms. The number of hydrogen-bond acceptors (Lipinski definition) is 3. The number of halogens is 2. The van der Waals surface area contributed by atoms with E-state index in [9.17, 15) is 5.11 Å². The Kier molecular flexibility index (Phi) is 2.08. The molecule has 0 aromatic heterocycles.